The Labute approximate surface area is 123 Å². The lowest BCUT2D eigenvalue weighted by molar-refractivity contribution is 0.0964. The zero-order chi connectivity index (χ0) is 14.9. The minimum absolute atomic E-state index is 0.277. The molecule has 0 saturated carbocycles. The predicted molar refractivity (Wildman–Crippen MR) is 73.2 cm³/mol. The topological polar surface area (TPSA) is 104 Å². The van der Waals surface area contributed by atoms with Crippen LogP contribution in [0.4, 0.5) is 4.79 Å². The van der Waals surface area contributed by atoms with Gasteiger partial charge in [-0.3, -0.25) is 14.2 Å². The number of hydrogen-bond donors (Lipinski definition) is 2. The van der Waals surface area contributed by atoms with E-state index in [0.717, 1.165) is 11.1 Å². The largest absolute Gasteiger partial charge is 0.323 e. The number of ketones is 1. The van der Waals surface area contributed by atoms with Crippen molar-refractivity contribution in [3.63, 3.8) is 0 Å². The Morgan fingerprint density at radius 1 is 1.55 bits per heavy atom. The first kappa shape index (κ1) is 15.0. The van der Waals surface area contributed by atoms with E-state index in [1.165, 1.54) is 11.3 Å². The summed E-state index contributed by atoms with van der Waals surface area (Å²) >= 11 is 6.92. The van der Waals surface area contributed by atoms with Gasteiger partial charge in [0.15, 0.2) is 11.2 Å². The highest BCUT2D eigenvalue weighted by Crippen LogP contribution is 2.20. The highest BCUT2D eigenvalue weighted by Gasteiger charge is 2.35. The number of hydrogen-bond acceptors (Lipinski definition) is 5. The molecular formula is C10H9ClN2O5S2. The summed E-state index contributed by atoms with van der Waals surface area (Å²) in [5.41, 5.74) is 0. The van der Waals surface area contributed by atoms with E-state index in [4.69, 9.17) is 16.2 Å². The summed E-state index contributed by atoms with van der Waals surface area (Å²) in [4.78, 5) is 25.0. The van der Waals surface area contributed by atoms with Gasteiger partial charge in [0, 0.05) is 6.20 Å². The number of amides is 2. The van der Waals surface area contributed by atoms with Crippen LogP contribution >= 0.6 is 22.9 Å². The highest BCUT2D eigenvalue weighted by atomic mass is 35.5. The number of carbonyl (C=O) groups excluding carboxylic acids is 2. The molecule has 2 rings (SSSR count). The van der Waals surface area contributed by atoms with Crippen molar-refractivity contribution in [3.05, 3.63) is 33.6 Å². The molecule has 0 fully saturated rings. The molecule has 1 aromatic rings. The molecule has 1 aliphatic rings. The van der Waals surface area contributed by atoms with Crippen molar-refractivity contribution in [2.24, 2.45) is 0 Å². The molecule has 2 N–H and O–H groups in total. The number of thiophene rings is 1. The van der Waals surface area contributed by atoms with Gasteiger partial charge in [-0.25, -0.2) is 4.79 Å². The average molecular weight is 337 g/mol. The van der Waals surface area contributed by atoms with Gasteiger partial charge in [-0.1, -0.05) is 17.7 Å². The second kappa shape index (κ2) is 5.52. The molecule has 0 saturated heterocycles. The molecule has 20 heavy (non-hydrogen) atoms. The van der Waals surface area contributed by atoms with E-state index in [9.17, 15) is 18.0 Å². The summed E-state index contributed by atoms with van der Waals surface area (Å²) in [6.45, 7) is -0.277. The third-order valence-electron chi connectivity index (χ3n) is 2.45. The maximum Gasteiger partial charge on any atom is 0.323 e. The quantitative estimate of drug-likeness (QED) is 0.636. The summed E-state index contributed by atoms with van der Waals surface area (Å²) in [5, 5.41) is 1.73. The van der Waals surface area contributed by atoms with E-state index in [0.29, 0.717) is 4.88 Å². The van der Waals surface area contributed by atoms with Gasteiger partial charge in [-0.15, -0.1) is 11.3 Å². The summed E-state index contributed by atoms with van der Waals surface area (Å²) in [7, 11) is -4.54. The Hall–Kier alpha value is -1.42. The number of urea groups is 1. The monoisotopic (exact) mass is 336 g/mol. The number of rotatable bonds is 4. The van der Waals surface area contributed by atoms with Gasteiger partial charge in [0.2, 0.25) is 0 Å². The van der Waals surface area contributed by atoms with E-state index in [-0.39, 0.29) is 17.4 Å². The number of carbonyl (C=O) groups is 2. The number of Topliss-reactive ketones (excluding diaryl/α,β-unsaturated/α-hetero) is 1. The van der Waals surface area contributed by atoms with Crippen molar-refractivity contribution in [1.82, 2.24) is 10.2 Å². The van der Waals surface area contributed by atoms with Crippen LogP contribution in [0.25, 0.3) is 0 Å². The minimum atomic E-state index is -4.54. The van der Waals surface area contributed by atoms with E-state index >= 15 is 0 Å². The zero-order valence-electron chi connectivity index (χ0n) is 9.82. The van der Waals surface area contributed by atoms with Crippen molar-refractivity contribution in [2.75, 3.05) is 6.54 Å². The normalized spacial score (nSPS) is 19.5. The Morgan fingerprint density at radius 3 is 2.80 bits per heavy atom. The number of nitrogens with one attached hydrogen (secondary N) is 1. The van der Waals surface area contributed by atoms with Gasteiger partial charge in [-0.2, -0.15) is 8.42 Å². The molecule has 0 radical (unpaired) electrons. The van der Waals surface area contributed by atoms with Crippen molar-refractivity contribution in [2.45, 2.75) is 5.37 Å². The molecular weight excluding hydrogens is 328 g/mol. The van der Waals surface area contributed by atoms with Crippen LogP contribution in [0.2, 0.25) is 0 Å². The first-order valence-electron chi connectivity index (χ1n) is 5.26. The van der Waals surface area contributed by atoms with Crippen LogP contribution in [-0.2, 0) is 10.1 Å². The van der Waals surface area contributed by atoms with Gasteiger partial charge in [0.1, 0.15) is 0 Å². The number of nitrogens with zero attached hydrogens (tertiary/aromatic N) is 1. The fourth-order valence-corrected chi connectivity index (χ4v) is 3.31. The Bertz CT molecular complexity index is 668. The van der Waals surface area contributed by atoms with Crippen LogP contribution in [0.3, 0.4) is 0 Å². The van der Waals surface area contributed by atoms with Crippen LogP contribution in [0.1, 0.15) is 9.67 Å². The van der Waals surface area contributed by atoms with Crippen molar-refractivity contribution in [1.29, 1.82) is 0 Å². The molecule has 0 aromatic carbocycles. The second-order valence-electron chi connectivity index (χ2n) is 3.89. The van der Waals surface area contributed by atoms with Gasteiger partial charge in [0.05, 0.1) is 16.5 Å². The van der Waals surface area contributed by atoms with Crippen molar-refractivity contribution >= 4 is 44.9 Å². The van der Waals surface area contributed by atoms with Gasteiger partial charge >= 0.3 is 6.03 Å². The maximum absolute atomic E-state index is 11.9. The zero-order valence-corrected chi connectivity index (χ0v) is 12.2. The molecule has 108 valence electrons. The van der Waals surface area contributed by atoms with Gasteiger partial charge in [0.25, 0.3) is 10.1 Å². The smallest absolute Gasteiger partial charge is 0.314 e. The minimum Gasteiger partial charge on any atom is -0.314 e. The van der Waals surface area contributed by atoms with Crippen molar-refractivity contribution in [3.8, 4) is 0 Å². The predicted octanol–water partition coefficient (Wildman–Crippen LogP) is 1.25. The van der Waals surface area contributed by atoms with Crippen LogP contribution in [0.15, 0.2) is 28.7 Å². The van der Waals surface area contributed by atoms with Crippen LogP contribution in [0.5, 0.6) is 0 Å². The Morgan fingerprint density at radius 2 is 2.25 bits per heavy atom. The third-order valence-corrected chi connectivity index (χ3v) is 4.78. The molecule has 0 bridgehead atoms. The maximum atomic E-state index is 11.9. The van der Waals surface area contributed by atoms with Gasteiger partial charge < -0.3 is 5.32 Å². The lowest BCUT2D eigenvalue weighted by atomic mass is 10.3. The first-order chi connectivity index (χ1) is 9.29. The lowest BCUT2D eigenvalue weighted by Gasteiger charge is -2.27. The fraction of sp³-hybridized carbons (Fsp3) is 0.200. The molecule has 1 aromatic heterocycles. The SMILES string of the molecule is O=C(CN1C=C(Cl)C(S(=O)(=O)O)NC1=O)c1cccs1. The first-order valence-corrected chi connectivity index (χ1v) is 8.02. The van der Waals surface area contributed by atoms with E-state index in [1.807, 2.05) is 5.32 Å². The van der Waals surface area contributed by atoms with E-state index < -0.39 is 21.5 Å². The van der Waals surface area contributed by atoms with Crippen LogP contribution in [-0.4, -0.2) is 41.6 Å². The summed E-state index contributed by atoms with van der Waals surface area (Å²) < 4.78 is 30.9. The molecule has 2 heterocycles. The highest BCUT2D eigenvalue weighted by molar-refractivity contribution is 7.86. The molecule has 1 aliphatic heterocycles. The fourth-order valence-electron chi connectivity index (χ4n) is 1.54. The summed E-state index contributed by atoms with van der Waals surface area (Å²) in [5.74, 6) is -0.304. The van der Waals surface area contributed by atoms with E-state index in [1.54, 1.807) is 17.5 Å². The van der Waals surface area contributed by atoms with Gasteiger partial charge in [-0.05, 0) is 11.4 Å². The summed E-state index contributed by atoms with van der Waals surface area (Å²) in [6, 6.07) is 2.48. The lowest BCUT2D eigenvalue weighted by Crippen LogP contribution is -2.51. The second-order valence-corrected chi connectivity index (χ2v) is 6.77. The molecule has 1 atom stereocenters. The van der Waals surface area contributed by atoms with Crippen LogP contribution in [0, 0.1) is 0 Å². The molecule has 10 heteroatoms. The Balaban J connectivity index is 2.17. The van der Waals surface area contributed by atoms with E-state index in [2.05, 4.69) is 0 Å². The summed E-state index contributed by atoms with van der Waals surface area (Å²) in [6.07, 6.45) is 1.02. The van der Waals surface area contributed by atoms with Crippen LogP contribution < -0.4 is 5.32 Å². The standard InChI is InChI=1S/C10H9ClN2O5S2/c11-6-4-13(5-7(14)8-2-1-3-19-8)10(15)12-9(6)20(16,17)18/h1-4,9H,5H2,(H,12,15)(H,16,17,18). The molecule has 2 amide bonds. The average Bonchev–Trinajstić information content (AvgIpc) is 2.85. The molecule has 1 unspecified atom stereocenters. The molecule has 7 nitrogen and oxygen atoms in total. The molecule has 0 spiro atoms. The number of halogens is 1. The molecule has 0 aliphatic carbocycles. The Kier molecular flexibility index (Phi) is 4.14. The third kappa shape index (κ3) is 3.18. The van der Waals surface area contributed by atoms with Crippen molar-refractivity contribution < 1.29 is 22.6 Å².